The van der Waals surface area contributed by atoms with Gasteiger partial charge < -0.3 is 36.1 Å². The Hall–Kier alpha value is -2.45. The molecule has 1 fully saturated rings. The molecule has 0 N–H and O–H groups in total. The molecule has 52 heavy (non-hydrogen) atoms. The second-order valence-electron chi connectivity index (χ2n) is 15.4. The maximum Gasteiger partial charge on any atom is 0.317 e. The molecule has 4 amide bonds. The van der Waals surface area contributed by atoms with Gasteiger partial charge in [-0.3, -0.25) is 19.2 Å². The molecule has 0 aliphatic carbocycles. The molecule has 16 heteroatoms. The van der Waals surface area contributed by atoms with Gasteiger partial charge in [0.1, 0.15) is 0 Å². The van der Waals surface area contributed by atoms with Gasteiger partial charge in [-0.15, -0.1) is 0 Å². The van der Waals surface area contributed by atoms with Gasteiger partial charge in [0.15, 0.2) is 0 Å². The van der Waals surface area contributed by atoms with Crippen molar-refractivity contribution in [1.82, 2.24) is 19.6 Å². The molecule has 0 atom stereocenters. The van der Waals surface area contributed by atoms with Crippen molar-refractivity contribution in [2.24, 2.45) is 0 Å². The normalized spacial score (nSPS) is 24.5. The van der Waals surface area contributed by atoms with E-state index in [4.69, 9.17) is 16.5 Å². The summed E-state index contributed by atoms with van der Waals surface area (Å²) in [6.45, 7) is 32.4. The zero-order chi connectivity index (χ0) is 40.2. The maximum atomic E-state index is 12.6. The van der Waals surface area contributed by atoms with Crippen LogP contribution in [0.15, 0.2) is 48.6 Å². The summed E-state index contributed by atoms with van der Waals surface area (Å²) < 4.78 is 29.0. The van der Waals surface area contributed by atoms with Crippen LogP contribution < -0.4 is 0 Å². The smallest absolute Gasteiger partial charge is 0.317 e. The standard InChI is InChI=1S/C36H68N4O8Si4/c1-29(2)33(41)37(9)21-17-25-49(13)45-50(14,26-18-22-38(10)34(42)30(3)4)47-52(16,28-20-24-40(12)36(44)32(7)8)48-51(15,46-49)27-19-23-39(11)35(43)31(5)6/h1,3,5,7,17-28H2,2,4,6,8-16H3. The average Bonchev–Trinajstić information content (AvgIpc) is 3.01. The Morgan fingerprint density at radius 2 is 0.558 bits per heavy atom. The summed E-state index contributed by atoms with van der Waals surface area (Å²) >= 11 is 0. The van der Waals surface area contributed by atoms with Crippen LogP contribution in [0.2, 0.25) is 50.4 Å². The first-order valence-electron chi connectivity index (χ1n) is 18.2. The van der Waals surface area contributed by atoms with E-state index in [1.54, 1.807) is 75.5 Å². The second-order valence-corrected chi connectivity index (χ2v) is 29.7. The van der Waals surface area contributed by atoms with Gasteiger partial charge in [0.2, 0.25) is 23.6 Å². The Morgan fingerprint density at radius 1 is 0.404 bits per heavy atom. The van der Waals surface area contributed by atoms with Crippen molar-refractivity contribution >= 4 is 57.9 Å². The van der Waals surface area contributed by atoms with Crippen molar-refractivity contribution in [3.8, 4) is 0 Å². The predicted octanol–water partition coefficient (Wildman–Crippen LogP) is 6.05. The first kappa shape index (κ1) is 47.6. The van der Waals surface area contributed by atoms with Crippen LogP contribution in [-0.2, 0) is 35.6 Å². The maximum absolute atomic E-state index is 12.6. The van der Waals surface area contributed by atoms with Crippen molar-refractivity contribution < 1.29 is 35.6 Å². The lowest BCUT2D eigenvalue weighted by molar-refractivity contribution is -0.126. The Balaban J connectivity index is 3.52. The molecule has 1 heterocycles. The lowest BCUT2D eigenvalue weighted by Crippen LogP contribution is -2.67. The number of amides is 4. The van der Waals surface area contributed by atoms with Gasteiger partial charge in [-0.1, -0.05) is 26.3 Å². The molecule has 1 saturated heterocycles. The Bertz CT molecular complexity index is 1150. The second kappa shape index (κ2) is 20.3. The van der Waals surface area contributed by atoms with E-state index in [1.165, 1.54) is 0 Å². The highest BCUT2D eigenvalue weighted by atomic mass is 28.5. The predicted molar refractivity (Wildman–Crippen MR) is 218 cm³/mol. The van der Waals surface area contributed by atoms with Gasteiger partial charge in [-0.25, -0.2) is 0 Å². The Kier molecular flexibility index (Phi) is 18.6. The van der Waals surface area contributed by atoms with E-state index in [9.17, 15) is 19.2 Å². The Labute approximate surface area is 318 Å². The summed E-state index contributed by atoms with van der Waals surface area (Å²) in [6, 6.07) is 2.47. The minimum absolute atomic E-state index is 0.101. The molecule has 0 radical (unpaired) electrons. The molecule has 1 aliphatic heterocycles. The van der Waals surface area contributed by atoms with Crippen molar-refractivity contribution in [2.75, 3.05) is 54.4 Å². The molecule has 0 saturated carbocycles. The van der Waals surface area contributed by atoms with Crippen LogP contribution in [0.4, 0.5) is 0 Å². The molecule has 296 valence electrons. The van der Waals surface area contributed by atoms with E-state index < -0.39 is 34.2 Å². The minimum atomic E-state index is -3.01. The van der Waals surface area contributed by atoms with Gasteiger partial charge in [0.25, 0.3) is 0 Å². The van der Waals surface area contributed by atoms with Gasteiger partial charge in [0.05, 0.1) is 0 Å². The topological polar surface area (TPSA) is 118 Å². The highest BCUT2D eigenvalue weighted by molar-refractivity contribution is 6.93. The number of hydrogen-bond acceptors (Lipinski definition) is 8. The van der Waals surface area contributed by atoms with E-state index >= 15 is 0 Å². The average molecular weight is 797 g/mol. The summed E-state index contributed by atoms with van der Waals surface area (Å²) in [7, 11) is -4.94. The van der Waals surface area contributed by atoms with Gasteiger partial charge in [-0.2, -0.15) is 0 Å². The van der Waals surface area contributed by atoms with Crippen molar-refractivity contribution in [2.45, 2.75) is 104 Å². The lowest BCUT2D eigenvalue weighted by atomic mass is 10.3. The van der Waals surface area contributed by atoms with Crippen LogP contribution in [0, 0.1) is 0 Å². The summed E-state index contributed by atoms with van der Waals surface area (Å²) in [5.74, 6) is -0.405. The van der Waals surface area contributed by atoms with E-state index in [-0.39, 0.29) is 23.6 Å². The number of rotatable bonds is 20. The van der Waals surface area contributed by atoms with Gasteiger partial charge in [0, 0.05) is 76.7 Å². The molecule has 0 unspecified atom stereocenters. The molecule has 12 nitrogen and oxygen atoms in total. The van der Waals surface area contributed by atoms with Crippen LogP contribution in [0.1, 0.15) is 53.4 Å². The number of nitrogens with zero attached hydrogens (tertiary/aromatic N) is 4. The molecule has 0 bridgehead atoms. The van der Waals surface area contributed by atoms with E-state index in [1.807, 2.05) is 0 Å². The molecule has 0 spiro atoms. The third-order valence-corrected chi connectivity index (χ3v) is 27.9. The molecule has 0 aromatic rings. The Morgan fingerprint density at radius 3 is 0.692 bits per heavy atom. The van der Waals surface area contributed by atoms with E-state index in [0.29, 0.717) is 98.3 Å². The summed E-state index contributed by atoms with van der Waals surface area (Å²) in [5, 5.41) is 0. The van der Waals surface area contributed by atoms with Crippen LogP contribution in [0.25, 0.3) is 0 Å². The van der Waals surface area contributed by atoms with Gasteiger partial charge in [-0.05, 0) is 104 Å². The van der Waals surface area contributed by atoms with E-state index in [2.05, 4.69) is 52.5 Å². The van der Waals surface area contributed by atoms with Crippen molar-refractivity contribution in [1.29, 1.82) is 0 Å². The van der Waals surface area contributed by atoms with Crippen LogP contribution in [0.3, 0.4) is 0 Å². The summed E-state index contributed by atoms with van der Waals surface area (Å²) in [6.07, 6.45) is 2.65. The van der Waals surface area contributed by atoms with Crippen LogP contribution in [-0.4, -0.2) is 132 Å². The minimum Gasteiger partial charge on any atom is -0.416 e. The molecular weight excluding hydrogens is 729 g/mol. The highest BCUT2D eigenvalue weighted by Gasteiger charge is 2.56. The van der Waals surface area contributed by atoms with Crippen LogP contribution >= 0.6 is 0 Å². The van der Waals surface area contributed by atoms with Crippen molar-refractivity contribution in [3.05, 3.63) is 48.6 Å². The highest BCUT2D eigenvalue weighted by Crippen LogP contribution is 2.39. The third kappa shape index (κ3) is 15.5. The number of likely N-dealkylation sites (N-methyl/N-ethyl adjacent to an activating group) is 4. The molecular formula is C36H68N4O8Si4. The fraction of sp³-hybridized carbons (Fsp3) is 0.667. The number of carbonyl (C=O) groups is 4. The van der Waals surface area contributed by atoms with E-state index in [0.717, 1.165) is 0 Å². The SMILES string of the molecule is C=C(C)C(=O)N(C)CCC[Si]1(C)O[Si](C)(CCCN(C)C(=O)C(=C)C)O[Si](C)(CCCN(C)C(=O)C(=C)C)O[Si](C)(CCCN(C)C(=O)C(=C)C)O1. The fourth-order valence-corrected chi connectivity index (χ4v) is 29.8. The monoisotopic (exact) mass is 796 g/mol. The largest absolute Gasteiger partial charge is 0.416 e. The number of carbonyl (C=O) groups excluding carboxylic acids is 4. The van der Waals surface area contributed by atoms with Gasteiger partial charge >= 0.3 is 34.2 Å². The van der Waals surface area contributed by atoms with Crippen molar-refractivity contribution in [3.63, 3.8) is 0 Å². The quantitative estimate of drug-likeness (QED) is 0.108. The molecule has 1 rings (SSSR count). The summed E-state index contributed by atoms with van der Waals surface area (Å²) in [5.41, 5.74) is 1.93. The first-order chi connectivity index (χ1) is 23.8. The molecule has 0 aromatic heterocycles. The zero-order valence-corrected chi connectivity index (χ0v) is 38.4. The van der Waals surface area contributed by atoms with Crippen LogP contribution in [0.5, 0.6) is 0 Å². The lowest BCUT2D eigenvalue weighted by Gasteiger charge is -2.50. The zero-order valence-electron chi connectivity index (χ0n) is 34.4. The third-order valence-electron chi connectivity index (χ3n) is 9.07. The number of hydrogen-bond donors (Lipinski definition) is 0. The molecule has 1 aliphatic rings. The molecule has 0 aromatic carbocycles. The first-order valence-corrected chi connectivity index (χ1v) is 28.3. The fourth-order valence-electron chi connectivity index (χ4n) is 6.58. The summed E-state index contributed by atoms with van der Waals surface area (Å²) in [4.78, 5) is 57.0.